The van der Waals surface area contributed by atoms with Gasteiger partial charge in [-0.05, 0) is 61.4 Å². The first kappa shape index (κ1) is 19.9. The van der Waals surface area contributed by atoms with Crippen molar-refractivity contribution < 1.29 is 14.3 Å². The van der Waals surface area contributed by atoms with Crippen molar-refractivity contribution in [1.29, 1.82) is 0 Å². The van der Waals surface area contributed by atoms with E-state index in [1.54, 1.807) is 14.2 Å². The van der Waals surface area contributed by atoms with Crippen molar-refractivity contribution in [3.05, 3.63) is 77.1 Å². The summed E-state index contributed by atoms with van der Waals surface area (Å²) in [5.74, 6) is 1.41. The lowest BCUT2D eigenvalue weighted by atomic mass is 9.99. The molecule has 1 aromatic heterocycles. The molecule has 0 radical (unpaired) electrons. The lowest BCUT2D eigenvalue weighted by molar-refractivity contribution is 0.180. The van der Waals surface area contributed by atoms with Gasteiger partial charge in [0.2, 0.25) is 0 Å². The summed E-state index contributed by atoms with van der Waals surface area (Å²) < 4.78 is 13.2. The quantitative estimate of drug-likeness (QED) is 0.681. The molecule has 1 aliphatic rings. The number of fused-ring (bicyclic) bond motifs is 1. The normalized spacial score (nSPS) is 15.5. The predicted molar refractivity (Wildman–Crippen MR) is 117 cm³/mol. The molecule has 2 aromatic carbocycles. The van der Waals surface area contributed by atoms with Crippen molar-refractivity contribution in [3.8, 4) is 11.5 Å². The number of amides is 2. The summed E-state index contributed by atoms with van der Waals surface area (Å²) in [5.41, 5.74) is 5.12. The topological polar surface area (TPSA) is 55.7 Å². The van der Waals surface area contributed by atoms with Crippen LogP contribution in [-0.2, 0) is 6.54 Å². The summed E-state index contributed by atoms with van der Waals surface area (Å²) in [6.45, 7) is 5.45. The van der Waals surface area contributed by atoms with Gasteiger partial charge in [-0.3, -0.25) is 0 Å². The molecule has 6 nitrogen and oxygen atoms in total. The van der Waals surface area contributed by atoms with Gasteiger partial charge in [0.05, 0.1) is 14.2 Å². The van der Waals surface area contributed by atoms with Crippen LogP contribution in [-0.4, -0.2) is 36.3 Å². The van der Waals surface area contributed by atoms with Crippen LogP contribution in [0, 0.1) is 13.8 Å². The molecule has 156 valence electrons. The standard InChI is InChI=1S/C24H27N3O3/c1-16-7-8-18(14-17(16)2)25-24(28)27-13-12-26-11-5-6-21(26)23(27)20-10-9-19(29-3)15-22(20)30-4/h5-11,14-15,23H,12-13H2,1-4H3,(H,25,28). The maximum atomic E-state index is 13.3. The van der Waals surface area contributed by atoms with Crippen LogP contribution in [0.1, 0.15) is 28.4 Å². The molecule has 1 N–H and O–H groups in total. The van der Waals surface area contributed by atoms with Crippen LogP contribution in [0.5, 0.6) is 11.5 Å². The molecule has 30 heavy (non-hydrogen) atoms. The highest BCUT2D eigenvalue weighted by molar-refractivity contribution is 5.90. The van der Waals surface area contributed by atoms with Crippen molar-refractivity contribution in [2.75, 3.05) is 26.1 Å². The third-order valence-corrected chi connectivity index (χ3v) is 5.79. The fourth-order valence-corrected chi connectivity index (χ4v) is 3.99. The number of aryl methyl sites for hydroxylation is 2. The summed E-state index contributed by atoms with van der Waals surface area (Å²) in [4.78, 5) is 15.2. The third kappa shape index (κ3) is 3.61. The minimum Gasteiger partial charge on any atom is -0.497 e. The minimum atomic E-state index is -0.263. The van der Waals surface area contributed by atoms with Crippen LogP contribution in [0.15, 0.2) is 54.7 Å². The third-order valence-electron chi connectivity index (χ3n) is 5.79. The van der Waals surface area contributed by atoms with Gasteiger partial charge in [-0.1, -0.05) is 6.07 Å². The van der Waals surface area contributed by atoms with E-state index in [0.29, 0.717) is 18.0 Å². The number of hydrogen-bond donors (Lipinski definition) is 1. The van der Waals surface area contributed by atoms with Crippen LogP contribution in [0.4, 0.5) is 10.5 Å². The Balaban J connectivity index is 1.72. The molecule has 4 rings (SSSR count). The molecule has 0 saturated carbocycles. The van der Waals surface area contributed by atoms with E-state index in [4.69, 9.17) is 9.47 Å². The molecule has 6 heteroatoms. The molecule has 3 aromatic rings. The molecule has 2 heterocycles. The van der Waals surface area contributed by atoms with E-state index in [1.807, 2.05) is 54.3 Å². The van der Waals surface area contributed by atoms with Gasteiger partial charge in [-0.2, -0.15) is 0 Å². The number of urea groups is 1. The zero-order valence-electron chi connectivity index (χ0n) is 17.8. The van der Waals surface area contributed by atoms with Gasteiger partial charge in [0.25, 0.3) is 0 Å². The maximum Gasteiger partial charge on any atom is 0.322 e. The van der Waals surface area contributed by atoms with E-state index in [9.17, 15) is 4.79 Å². The van der Waals surface area contributed by atoms with Gasteiger partial charge in [0.15, 0.2) is 0 Å². The smallest absolute Gasteiger partial charge is 0.322 e. The molecular weight excluding hydrogens is 378 g/mol. The van der Waals surface area contributed by atoms with Crippen LogP contribution < -0.4 is 14.8 Å². The average molecular weight is 405 g/mol. The minimum absolute atomic E-state index is 0.131. The summed E-state index contributed by atoms with van der Waals surface area (Å²) in [6.07, 6.45) is 2.05. The number of ether oxygens (including phenoxy) is 2. The number of methoxy groups -OCH3 is 2. The van der Waals surface area contributed by atoms with Crippen LogP contribution in [0.3, 0.4) is 0 Å². The van der Waals surface area contributed by atoms with Crippen molar-refractivity contribution in [2.45, 2.75) is 26.4 Å². The van der Waals surface area contributed by atoms with Crippen molar-refractivity contribution in [3.63, 3.8) is 0 Å². The second kappa shape index (κ2) is 8.14. The van der Waals surface area contributed by atoms with Gasteiger partial charge in [-0.25, -0.2) is 4.79 Å². The summed E-state index contributed by atoms with van der Waals surface area (Å²) in [7, 11) is 3.27. The maximum absolute atomic E-state index is 13.3. The fraction of sp³-hybridized carbons (Fsp3) is 0.292. The predicted octanol–water partition coefficient (Wildman–Crippen LogP) is 4.76. The zero-order valence-corrected chi connectivity index (χ0v) is 17.8. The van der Waals surface area contributed by atoms with E-state index in [0.717, 1.165) is 29.1 Å². The Kier molecular flexibility index (Phi) is 5.40. The Hall–Kier alpha value is -3.41. The molecule has 1 atom stereocenters. The second-order valence-electron chi connectivity index (χ2n) is 7.56. The number of carbonyl (C=O) groups is 1. The van der Waals surface area contributed by atoms with E-state index >= 15 is 0 Å². The number of benzene rings is 2. The highest BCUT2D eigenvalue weighted by atomic mass is 16.5. The molecule has 2 amide bonds. The van der Waals surface area contributed by atoms with Crippen molar-refractivity contribution in [2.24, 2.45) is 0 Å². The van der Waals surface area contributed by atoms with E-state index in [1.165, 1.54) is 5.56 Å². The molecule has 0 bridgehead atoms. The Morgan fingerprint density at radius 3 is 2.57 bits per heavy atom. The Morgan fingerprint density at radius 2 is 1.83 bits per heavy atom. The summed E-state index contributed by atoms with van der Waals surface area (Å²) in [5, 5.41) is 3.07. The van der Waals surface area contributed by atoms with Crippen LogP contribution in [0.25, 0.3) is 0 Å². The largest absolute Gasteiger partial charge is 0.497 e. The molecule has 0 fully saturated rings. The zero-order chi connectivity index (χ0) is 21.3. The SMILES string of the molecule is COc1ccc(C2c3cccn3CCN2C(=O)Nc2ccc(C)c(C)c2)c(OC)c1. The number of nitrogens with one attached hydrogen (secondary N) is 1. The van der Waals surface area contributed by atoms with Gasteiger partial charge in [-0.15, -0.1) is 0 Å². The summed E-state index contributed by atoms with van der Waals surface area (Å²) >= 11 is 0. The number of aromatic nitrogens is 1. The molecular formula is C24H27N3O3. The Bertz CT molecular complexity index is 1070. The van der Waals surface area contributed by atoms with Crippen molar-refractivity contribution in [1.82, 2.24) is 9.47 Å². The number of hydrogen-bond acceptors (Lipinski definition) is 3. The van der Waals surface area contributed by atoms with Crippen LogP contribution in [0.2, 0.25) is 0 Å². The fourth-order valence-electron chi connectivity index (χ4n) is 3.99. The van der Waals surface area contributed by atoms with E-state index in [2.05, 4.69) is 29.1 Å². The molecule has 0 saturated heterocycles. The number of rotatable bonds is 4. The monoisotopic (exact) mass is 405 g/mol. The number of anilines is 1. The first-order valence-electron chi connectivity index (χ1n) is 10.0. The van der Waals surface area contributed by atoms with E-state index in [-0.39, 0.29) is 12.1 Å². The van der Waals surface area contributed by atoms with Gasteiger partial charge in [0.1, 0.15) is 17.5 Å². The molecule has 1 unspecified atom stereocenters. The molecule has 1 aliphatic heterocycles. The Labute approximate surface area is 177 Å². The number of nitrogens with zero attached hydrogens (tertiary/aromatic N) is 2. The van der Waals surface area contributed by atoms with Crippen LogP contribution >= 0.6 is 0 Å². The summed E-state index contributed by atoms with van der Waals surface area (Å²) in [6, 6.07) is 15.4. The molecule has 0 aliphatic carbocycles. The molecule has 0 spiro atoms. The first-order chi connectivity index (χ1) is 14.5. The van der Waals surface area contributed by atoms with Crippen molar-refractivity contribution >= 4 is 11.7 Å². The Morgan fingerprint density at radius 1 is 1.00 bits per heavy atom. The van der Waals surface area contributed by atoms with Gasteiger partial charge in [0, 0.05) is 42.3 Å². The number of carbonyl (C=O) groups excluding carboxylic acids is 1. The lowest BCUT2D eigenvalue weighted by Gasteiger charge is -2.37. The van der Waals surface area contributed by atoms with Gasteiger partial charge >= 0.3 is 6.03 Å². The first-order valence-corrected chi connectivity index (χ1v) is 10.0. The second-order valence-corrected chi connectivity index (χ2v) is 7.56. The lowest BCUT2D eigenvalue weighted by Crippen LogP contribution is -2.44. The average Bonchev–Trinajstić information content (AvgIpc) is 3.24. The highest BCUT2D eigenvalue weighted by Gasteiger charge is 2.34. The van der Waals surface area contributed by atoms with E-state index < -0.39 is 0 Å². The van der Waals surface area contributed by atoms with Gasteiger partial charge < -0.3 is 24.3 Å². The highest BCUT2D eigenvalue weighted by Crippen LogP contribution is 2.39.